The van der Waals surface area contributed by atoms with Crippen molar-refractivity contribution in [2.75, 3.05) is 6.79 Å². The number of thioether (sulfide) groups is 1. The lowest BCUT2D eigenvalue weighted by molar-refractivity contribution is 0.174. The van der Waals surface area contributed by atoms with E-state index in [1.807, 2.05) is 47.0 Å². The first-order valence-corrected chi connectivity index (χ1v) is 9.41. The lowest BCUT2D eigenvalue weighted by Crippen LogP contribution is -2.06. The van der Waals surface area contributed by atoms with Crippen LogP contribution in [0.15, 0.2) is 53.8 Å². The Kier molecular flexibility index (Phi) is 5.01. The van der Waals surface area contributed by atoms with Crippen LogP contribution in [0.2, 0.25) is 0 Å². The summed E-state index contributed by atoms with van der Waals surface area (Å²) >= 11 is 1.60. The molecule has 27 heavy (non-hydrogen) atoms. The molecule has 1 aliphatic heterocycles. The van der Waals surface area contributed by atoms with Crippen molar-refractivity contribution in [3.63, 3.8) is 0 Å². The normalized spacial score (nSPS) is 12.1. The monoisotopic (exact) mass is 379 g/mol. The van der Waals surface area contributed by atoms with Crippen LogP contribution in [-0.4, -0.2) is 21.5 Å². The fourth-order valence-electron chi connectivity index (χ4n) is 2.85. The van der Waals surface area contributed by atoms with Gasteiger partial charge in [0.1, 0.15) is 0 Å². The highest BCUT2D eigenvalue weighted by Crippen LogP contribution is 2.33. The quantitative estimate of drug-likeness (QED) is 0.662. The molecule has 3 aromatic rings. The van der Waals surface area contributed by atoms with Gasteiger partial charge in [0.25, 0.3) is 0 Å². The molecule has 2 aromatic carbocycles. The van der Waals surface area contributed by atoms with Crippen LogP contribution in [0.3, 0.4) is 0 Å². The average Bonchev–Trinajstić information content (AvgIpc) is 3.33. The zero-order valence-corrected chi connectivity index (χ0v) is 15.3. The fraction of sp³-hybridized carbons (Fsp3) is 0.200. The number of aliphatic hydroxyl groups is 1. The molecule has 0 saturated heterocycles. The number of hydrogen-bond donors (Lipinski definition) is 1. The van der Waals surface area contributed by atoms with E-state index < -0.39 is 0 Å². The van der Waals surface area contributed by atoms with E-state index in [1.165, 1.54) is 0 Å². The second-order valence-corrected chi connectivity index (χ2v) is 7.00. The van der Waals surface area contributed by atoms with Crippen molar-refractivity contribution in [1.29, 1.82) is 5.26 Å². The Morgan fingerprint density at radius 1 is 1.11 bits per heavy atom. The summed E-state index contributed by atoms with van der Waals surface area (Å²) in [5.74, 6) is 2.22. The standard InChI is InChI=1S/C20H17N3O3S/c21-8-14-1-3-15(4-2-14)12-27-20-22-9-17(11-24)23(20)10-16-5-6-18-19(7-16)26-13-25-18/h1-7,9,24H,10-13H2. The summed E-state index contributed by atoms with van der Waals surface area (Å²) in [6.07, 6.45) is 1.70. The van der Waals surface area contributed by atoms with Gasteiger partial charge in [-0.15, -0.1) is 0 Å². The Morgan fingerprint density at radius 2 is 1.89 bits per heavy atom. The number of aromatic nitrogens is 2. The van der Waals surface area contributed by atoms with Crippen LogP contribution < -0.4 is 9.47 Å². The highest BCUT2D eigenvalue weighted by atomic mass is 32.2. The maximum Gasteiger partial charge on any atom is 0.231 e. The van der Waals surface area contributed by atoms with E-state index in [2.05, 4.69) is 11.1 Å². The Balaban J connectivity index is 1.52. The third-order valence-corrected chi connectivity index (χ3v) is 5.35. The van der Waals surface area contributed by atoms with E-state index in [0.29, 0.717) is 12.1 Å². The van der Waals surface area contributed by atoms with Gasteiger partial charge >= 0.3 is 0 Å². The molecule has 0 fully saturated rings. The molecule has 7 heteroatoms. The lowest BCUT2D eigenvalue weighted by Gasteiger charge is -2.11. The number of ether oxygens (including phenoxy) is 2. The first-order valence-electron chi connectivity index (χ1n) is 8.42. The van der Waals surface area contributed by atoms with Crippen molar-refractivity contribution in [2.45, 2.75) is 24.1 Å². The molecule has 0 saturated carbocycles. The molecule has 0 amide bonds. The van der Waals surface area contributed by atoms with E-state index in [1.54, 1.807) is 18.0 Å². The highest BCUT2D eigenvalue weighted by Gasteiger charge is 2.15. The predicted octanol–water partition coefficient (Wildman–Crippen LogP) is 3.32. The van der Waals surface area contributed by atoms with Crippen LogP contribution in [0.5, 0.6) is 11.5 Å². The van der Waals surface area contributed by atoms with Crippen molar-refractivity contribution >= 4 is 11.8 Å². The van der Waals surface area contributed by atoms with Gasteiger partial charge in [-0.2, -0.15) is 5.26 Å². The number of fused-ring (bicyclic) bond motifs is 1. The zero-order valence-electron chi connectivity index (χ0n) is 14.5. The number of rotatable bonds is 6. The molecule has 0 aliphatic carbocycles. The summed E-state index contributed by atoms with van der Waals surface area (Å²) in [4.78, 5) is 4.46. The largest absolute Gasteiger partial charge is 0.454 e. The Hall–Kier alpha value is -2.95. The zero-order chi connectivity index (χ0) is 18.6. The maximum atomic E-state index is 9.66. The number of benzene rings is 2. The predicted molar refractivity (Wildman–Crippen MR) is 101 cm³/mol. The molecule has 0 spiro atoms. The molecule has 136 valence electrons. The van der Waals surface area contributed by atoms with Gasteiger partial charge in [0.2, 0.25) is 6.79 Å². The van der Waals surface area contributed by atoms with Crippen molar-refractivity contribution in [3.8, 4) is 17.6 Å². The number of hydrogen-bond acceptors (Lipinski definition) is 6. The topological polar surface area (TPSA) is 80.3 Å². The van der Waals surface area contributed by atoms with E-state index in [-0.39, 0.29) is 13.4 Å². The minimum atomic E-state index is -0.0744. The number of nitrogens with zero attached hydrogens (tertiary/aromatic N) is 3. The first-order chi connectivity index (χ1) is 13.3. The van der Waals surface area contributed by atoms with E-state index >= 15 is 0 Å². The van der Waals surface area contributed by atoms with Gasteiger partial charge in [0, 0.05) is 5.75 Å². The molecule has 6 nitrogen and oxygen atoms in total. The van der Waals surface area contributed by atoms with Crippen molar-refractivity contribution in [3.05, 3.63) is 71.0 Å². The average molecular weight is 379 g/mol. The van der Waals surface area contributed by atoms with Crippen LogP contribution >= 0.6 is 11.8 Å². The molecule has 0 atom stereocenters. The van der Waals surface area contributed by atoms with Crippen molar-refractivity contribution in [1.82, 2.24) is 9.55 Å². The van der Waals surface area contributed by atoms with Gasteiger partial charge in [-0.1, -0.05) is 30.0 Å². The second kappa shape index (κ2) is 7.74. The smallest absolute Gasteiger partial charge is 0.231 e. The van der Waals surface area contributed by atoms with Gasteiger partial charge in [-0.3, -0.25) is 0 Å². The minimum absolute atomic E-state index is 0.0744. The van der Waals surface area contributed by atoms with Gasteiger partial charge in [-0.05, 0) is 35.4 Å². The molecule has 2 heterocycles. The van der Waals surface area contributed by atoms with Crippen LogP contribution in [0, 0.1) is 11.3 Å². The molecule has 1 aliphatic rings. The molecule has 0 bridgehead atoms. The van der Waals surface area contributed by atoms with Gasteiger partial charge in [0.15, 0.2) is 16.7 Å². The summed E-state index contributed by atoms with van der Waals surface area (Å²) < 4.78 is 12.8. The summed E-state index contributed by atoms with van der Waals surface area (Å²) in [6, 6.07) is 15.5. The summed E-state index contributed by atoms with van der Waals surface area (Å²) in [5.41, 5.74) is 3.57. The van der Waals surface area contributed by atoms with Crippen molar-refractivity contribution < 1.29 is 14.6 Å². The third-order valence-electron chi connectivity index (χ3n) is 4.29. The molecule has 1 N–H and O–H groups in total. The van der Waals surface area contributed by atoms with Crippen LogP contribution in [0.1, 0.15) is 22.4 Å². The summed E-state index contributed by atoms with van der Waals surface area (Å²) in [5, 5.41) is 19.4. The molecule has 4 rings (SSSR count). The van der Waals surface area contributed by atoms with Gasteiger partial charge in [-0.25, -0.2) is 4.98 Å². The lowest BCUT2D eigenvalue weighted by atomic mass is 10.2. The second-order valence-electron chi connectivity index (χ2n) is 6.06. The number of nitriles is 1. The highest BCUT2D eigenvalue weighted by molar-refractivity contribution is 7.98. The van der Waals surface area contributed by atoms with E-state index in [4.69, 9.17) is 14.7 Å². The van der Waals surface area contributed by atoms with E-state index in [0.717, 1.165) is 39.2 Å². The van der Waals surface area contributed by atoms with Crippen LogP contribution in [0.4, 0.5) is 0 Å². The Bertz CT molecular complexity index is 993. The Morgan fingerprint density at radius 3 is 2.67 bits per heavy atom. The van der Waals surface area contributed by atoms with Crippen molar-refractivity contribution in [2.24, 2.45) is 0 Å². The van der Waals surface area contributed by atoms with Crippen LogP contribution in [0.25, 0.3) is 0 Å². The summed E-state index contributed by atoms with van der Waals surface area (Å²) in [6.45, 7) is 0.759. The molecule has 0 unspecified atom stereocenters. The molecule has 0 radical (unpaired) electrons. The first kappa shape index (κ1) is 17.5. The minimum Gasteiger partial charge on any atom is -0.454 e. The SMILES string of the molecule is N#Cc1ccc(CSc2ncc(CO)n2Cc2ccc3c(c2)OCO3)cc1. The molecule has 1 aromatic heterocycles. The van der Waals surface area contributed by atoms with Gasteiger partial charge in [0.05, 0.1) is 36.7 Å². The third kappa shape index (κ3) is 3.77. The maximum absolute atomic E-state index is 9.66. The molecular formula is C20H17N3O3S. The number of imidazole rings is 1. The van der Waals surface area contributed by atoms with Crippen LogP contribution in [-0.2, 0) is 18.9 Å². The fourth-order valence-corrected chi connectivity index (χ4v) is 3.80. The van der Waals surface area contributed by atoms with E-state index in [9.17, 15) is 5.11 Å². The Labute approximate surface area is 161 Å². The van der Waals surface area contributed by atoms with Gasteiger partial charge < -0.3 is 19.1 Å². The number of aliphatic hydroxyl groups excluding tert-OH is 1. The summed E-state index contributed by atoms with van der Waals surface area (Å²) in [7, 11) is 0. The molecular weight excluding hydrogens is 362 g/mol.